The maximum Gasteiger partial charge on any atom is 0.223 e. The van der Waals surface area contributed by atoms with E-state index in [4.69, 9.17) is 0 Å². The van der Waals surface area contributed by atoms with Gasteiger partial charge in [0.1, 0.15) is 0 Å². The number of carbonyl (C=O) groups is 1. The maximum atomic E-state index is 13.0. The van der Waals surface area contributed by atoms with E-state index in [1.165, 1.54) is 11.1 Å². The zero-order valence-corrected chi connectivity index (χ0v) is 16.9. The van der Waals surface area contributed by atoms with Crippen molar-refractivity contribution in [3.05, 3.63) is 102 Å². The van der Waals surface area contributed by atoms with E-state index in [2.05, 4.69) is 53.4 Å². The summed E-state index contributed by atoms with van der Waals surface area (Å²) >= 11 is 0. The quantitative estimate of drug-likeness (QED) is 0.587. The smallest absolute Gasteiger partial charge is 0.223 e. The summed E-state index contributed by atoms with van der Waals surface area (Å²) in [4.78, 5) is 16.9. The molecule has 0 radical (unpaired) electrons. The van der Waals surface area contributed by atoms with E-state index in [-0.39, 0.29) is 11.8 Å². The minimum absolute atomic E-state index is 0.0634. The van der Waals surface area contributed by atoms with Crippen molar-refractivity contribution in [2.75, 3.05) is 26.0 Å². The molecule has 3 aromatic carbocycles. The van der Waals surface area contributed by atoms with Crippen molar-refractivity contribution >= 4 is 11.6 Å². The standard InChI is InChI=1S/C25H28N2O/c1-26(2)23-16-14-20(15-17-23)19-27(3)25(28)18-24(21-10-6-4-7-11-21)22-12-8-5-9-13-22/h4-17,24H,18-19H2,1-3H3. The Morgan fingerprint density at radius 3 is 1.71 bits per heavy atom. The Kier molecular flexibility index (Phi) is 6.49. The Morgan fingerprint density at radius 2 is 1.25 bits per heavy atom. The number of hydrogen-bond donors (Lipinski definition) is 0. The maximum absolute atomic E-state index is 13.0. The lowest BCUT2D eigenvalue weighted by Crippen LogP contribution is -2.27. The highest BCUT2D eigenvalue weighted by atomic mass is 16.2. The lowest BCUT2D eigenvalue weighted by Gasteiger charge is -2.23. The number of nitrogens with zero attached hydrogens (tertiary/aromatic N) is 2. The molecule has 144 valence electrons. The van der Waals surface area contributed by atoms with Crippen LogP contribution in [0.3, 0.4) is 0 Å². The lowest BCUT2D eigenvalue weighted by atomic mass is 9.88. The van der Waals surface area contributed by atoms with Gasteiger partial charge in [-0.05, 0) is 28.8 Å². The first-order valence-electron chi connectivity index (χ1n) is 9.64. The van der Waals surface area contributed by atoms with Crippen LogP contribution in [0.5, 0.6) is 0 Å². The summed E-state index contributed by atoms with van der Waals surface area (Å²) in [5.74, 6) is 0.211. The van der Waals surface area contributed by atoms with Crippen LogP contribution in [-0.2, 0) is 11.3 Å². The largest absolute Gasteiger partial charge is 0.378 e. The monoisotopic (exact) mass is 372 g/mol. The third-order valence-corrected chi connectivity index (χ3v) is 5.08. The summed E-state index contributed by atoms with van der Waals surface area (Å²) in [5.41, 5.74) is 4.64. The Balaban J connectivity index is 1.72. The first-order chi connectivity index (χ1) is 13.5. The third-order valence-electron chi connectivity index (χ3n) is 5.08. The Bertz CT molecular complexity index is 834. The van der Waals surface area contributed by atoms with E-state index >= 15 is 0 Å². The molecule has 3 rings (SSSR count). The highest BCUT2D eigenvalue weighted by Crippen LogP contribution is 2.28. The van der Waals surface area contributed by atoms with Gasteiger partial charge in [-0.25, -0.2) is 0 Å². The van der Waals surface area contributed by atoms with E-state index in [0.717, 1.165) is 11.3 Å². The molecule has 0 fully saturated rings. The lowest BCUT2D eigenvalue weighted by molar-refractivity contribution is -0.130. The minimum atomic E-state index is 0.0634. The van der Waals surface area contributed by atoms with E-state index < -0.39 is 0 Å². The fraction of sp³-hybridized carbons (Fsp3) is 0.240. The first kappa shape index (κ1) is 19.7. The molecule has 0 aliphatic rings. The van der Waals surface area contributed by atoms with Gasteiger partial charge in [-0.3, -0.25) is 4.79 Å². The first-order valence-corrected chi connectivity index (χ1v) is 9.64. The summed E-state index contributed by atoms with van der Waals surface area (Å²) in [6, 6.07) is 28.9. The molecule has 0 atom stereocenters. The SMILES string of the molecule is CN(Cc1ccc(N(C)C)cc1)C(=O)CC(c1ccccc1)c1ccccc1. The Hall–Kier alpha value is -3.07. The van der Waals surface area contributed by atoms with Gasteiger partial charge >= 0.3 is 0 Å². The molecule has 28 heavy (non-hydrogen) atoms. The van der Waals surface area contributed by atoms with Gasteiger partial charge in [0.15, 0.2) is 0 Å². The number of carbonyl (C=O) groups excluding carboxylic acids is 1. The van der Waals surface area contributed by atoms with Crippen molar-refractivity contribution in [2.45, 2.75) is 18.9 Å². The number of benzene rings is 3. The molecule has 3 heteroatoms. The molecule has 0 saturated carbocycles. The van der Waals surface area contributed by atoms with Crippen molar-refractivity contribution in [1.82, 2.24) is 4.90 Å². The van der Waals surface area contributed by atoms with Crippen LogP contribution in [0.15, 0.2) is 84.9 Å². The van der Waals surface area contributed by atoms with Crippen molar-refractivity contribution < 1.29 is 4.79 Å². The molecule has 0 aromatic heterocycles. The van der Waals surface area contributed by atoms with E-state index in [9.17, 15) is 4.79 Å². The Morgan fingerprint density at radius 1 is 0.750 bits per heavy atom. The van der Waals surface area contributed by atoms with Crippen LogP contribution in [0, 0.1) is 0 Å². The van der Waals surface area contributed by atoms with Gasteiger partial charge < -0.3 is 9.80 Å². The highest BCUT2D eigenvalue weighted by molar-refractivity contribution is 5.77. The van der Waals surface area contributed by atoms with Crippen molar-refractivity contribution in [2.24, 2.45) is 0 Å². The van der Waals surface area contributed by atoms with Crippen molar-refractivity contribution in [1.29, 1.82) is 0 Å². The molecule has 3 aromatic rings. The molecule has 0 heterocycles. The molecule has 0 aliphatic heterocycles. The number of rotatable bonds is 7. The van der Waals surface area contributed by atoms with Gasteiger partial charge in [0.2, 0.25) is 5.91 Å². The second-order valence-corrected chi connectivity index (χ2v) is 7.39. The molecule has 0 saturated heterocycles. The van der Waals surface area contributed by atoms with Crippen LogP contribution in [0.1, 0.15) is 29.0 Å². The second-order valence-electron chi connectivity index (χ2n) is 7.39. The van der Waals surface area contributed by atoms with Gasteiger partial charge in [-0.1, -0.05) is 72.8 Å². The van der Waals surface area contributed by atoms with Crippen LogP contribution < -0.4 is 4.90 Å². The topological polar surface area (TPSA) is 23.6 Å². The molecule has 0 bridgehead atoms. The molecule has 0 unspecified atom stereocenters. The normalized spacial score (nSPS) is 10.7. The van der Waals surface area contributed by atoms with Crippen LogP contribution >= 0.6 is 0 Å². The van der Waals surface area contributed by atoms with Gasteiger partial charge in [0.05, 0.1) is 0 Å². The average molecular weight is 373 g/mol. The third kappa shape index (κ3) is 5.01. The molecular formula is C25H28N2O. The number of amides is 1. The Labute approximate surface area is 168 Å². The van der Waals surface area contributed by atoms with Crippen molar-refractivity contribution in [3.63, 3.8) is 0 Å². The van der Waals surface area contributed by atoms with Gasteiger partial charge in [-0.2, -0.15) is 0 Å². The molecule has 0 aliphatic carbocycles. The van der Waals surface area contributed by atoms with E-state index in [1.807, 2.05) is 62.4 Å². The number of anilines is 1. The van der Waals surface area contributed by atoms with Gasteiger partial charge in [0, 0.05) is 45.7 Å². The summed E-state index contributed by atoms with van der Waals surface area (Å²) in [6.45, 7) is 0.614. The van der Waals surface area contributed by atoms with Crippen molar-refractivity contribution in [3.8, 4) is 0 Å². The summed E-state index contributed by atoms with van der Waals surface area (Å²) in [7, 11) is 5.94. The molecule has 3 nitrogen and oxygen atoms in total. The van der Waals surface area contributed by atoms with Gasteiger partial charge in [0.25, 0.3) is 0 Å². The summed E-state index contributed by atoms with van der Waals surface area (Å²) in [5, 5.41) is 0. The van der Waals surface area contributed by atoms with Gasteiger partial charge in [-0.15, -0.1) is 0 Å². The molecule has 1 amide bonds. The average Bonchev–Trinajstić information content (AvgIpc) is 2.73. The molecule has 0 spiro atoms. The van der Waals surface area contributed by atoms with E-state index in [1.54, 1.807) is 0 Å². The summed E-state index contributed by atoms with van der Waals surface area (Å²) < 4.78 is 0. The van der Waals surface area contributed by atoms with Crippen LogP contribution in [0.2, 0.25) is 0 Å². The molecular weight excluding hydrogens is 344 g/mol. The summed E-state index contributed by atoms with van der Waals surface area (Å²) in [6.07, 6.45) is 0.459. The fourth-order valence-electron chi connectivity index (χ4n) is 3.39. The van der Waals surface area contributed by atoms with Crippen LogP contribution in [0.4, 0.5) is 5.69 Å². The van der Waals surface area contributed by atoms with Crippen LogP contribution in [-0.4, -0.2) is 32.0 Å². The van der Waals surface area contributed by atoms with Crippen LogP contribution in [0.25, 0.3) is 0 Å². The fourth-order valence-corrected chi connectivity index (χ4v) is 3.39. The number of hydrogen-bond acceptors (Lipinski definition) is 2. The minimum Gasteiger partial charge on any atom is -0.378 e. The zero-order chi connectivity index (χ0) is 19.9. The highest BCUT2D eigenvalue weighted by Gasteiger charge is 2.20. The second kappa shape index (κ2) is 9.23. The molecule has 0 N–H and O–H groups in total. The predicted octanol–water partition coefficient (Wildman–Crippen LogP) is 4.93. The van der Waals surface area contributed by atoms with E-state index in [0.29, 0.717) is 13.0 Å². The predicted molar refractivity (Wildman–Crippen MR) is 117 cm³/mol. The zero-order valence-electron chi connectivity index (χ0n) is 16.9.